The first kappa shape index (κ1) is 10.4. The summed E-state index contributed by atoms with van der Waals surface area (Å²) in [7, 11) is 0. The topological polar surface area (TPSA) is 25.8 Å². The van der Waals surface area contributed by atoms with E-state index in [9.17, 15) is 0 Å². The minimum atomic E-state index is 1.01. The highest BCUT2D eigenvalue weighted by Crippen LogP contribution is 2.35. The van der Waals surface area contributed by atoms with Gasteiger partial charge in [-0.15, -0.1) is 11.3 Å². The minimum absolute atomic E-state index is 1.01. The van der Waals surface area contributed by atoms with Crippen molar-refractivity contribution in [3.8, 4) is 10.4 Å². The molecule has 0 saturated heterocycles. The molecule has 0 aliphatic heterocycles. The normalized spacial score (nSPS) is 11.1. The Morgan fingerprint density at radius 2 is 1.88 bits per heavy atom. The Kier molecular flexibility index (Phi) is 2.53. The molecule has 0 fully saturated rings. The van der Waals surface area contributed by atoms with Crippen LogP contribution in [-0.4, -0.2) is 8.75 Å². The molecule has 2 nitrogen and oxygen atoms in total. The van der Waals surface area contributed by atoms with Crippen LogP contribution >= 0.6 is 39.0 Å². The summed E-state index contributed by atoms with van der Waals surface area (Å²) in [5.41, 5.74) is 4.39. The third-order valence-corrected chi connectivity index (χ3v) is 4.64. The largest absolute Gasteiger partial charge is 0.173 e. The number of hydrogen-bond acceptors (Lipinski definition) is 4. The van der Waals surface area contributed by atoms with Crippen molar-refractivity contribution in [2.45, 2.75) is 6.92 Å². The van der Waals surface area contributed by atoms with Crippen LogP contribution in [0.2, 0.25) is 0 Å². The molecule has 0 atom stereocenters. The van der Waals surface area contributed by atoms with Crippen molar-refractivity contribution in [1.29, 1.82) is 0 Å². The SMILES string of the molecule is Cc1ccc(-c2ccc(Br)s2)c2nsnc12. The van der Waals surface area contributed by atoms with Gasteiger partial charge in [0.15, 0.2) is 0 Å². The van der Waals surface area contributed by atoms with Crippen molar-refractivity contribution in [3.63, 3.8) is 0 Å². The lowest BCUT2D eigenvalue weighted by Gasteiger charge is -2.00. The molecule has 16 heavy (non-hydrogen) atoms. The number of fused-ring (bicyclic) bond motifs is 1. The zero-order valence-electron chi connectivity index (χ0n) is 8.40. The number of halogens is 1. The Morgan fingerprint density at radius 3 is 2.62 bits per heavy atom. The smallest absolute Gasteiger partial charge is 0.113 e. The highest BCUT2D eigenvalue weighted by molar-refractivity contribution is 9.11. The Labute approximate surface area is 109 Å². The summed E-state index contributed by atoms with van der Waals surface area (Å²) in [6, 6.07) is 8.40. The molecular weight excluding hydrogens is 304 g/mol. The van der Waals surface area contributed by atoms with Crippen LogP contribution < -0.4 is 0 Å². The van der Waals surface area contributed by atoms with E-state index in [0.717, 1.165) is 14.8 Å². The molecule has 2 heterocycles. The zero-order chi connectivity index (χ0) is 11.1. The van der Waals surface area contributed by atoms with Crippen molar-refractivity contribution in [1.82, 2.24) is 8.75 Å². The molecule has 5 heteroatoms. The number of benzene rings is 1. The lowest BCUT2D eigenvalue weighted by Crippen LogP contribution is -1.80. The quantitative estimate of drug-likeness (QED) is 0.661. The molecule has 1 aromatic carbocycles. The van der Waals surface area contributed by atoms with Crippen LogP contribution in [0.1, 0.15) is 5.56 Å². The van der Waals surface area contributed by atoms with Gasteiger partial charge in [-0.3, -0.25) is 0 Å². The molecule has 0 aliphatic rings. The van der Waals surface area contributed by atoms with E-state index in [-0.39, 0.29) is 0 Å². The molecule has 80 valence electrons. The van der Waals surface area contributed by atoms with Crippen LogP contribution in [0, 0.1) is 6.92 Å². The summed E-state index contributed by atoms with van der Waals surface area (Å²) in [6.45, 7) is 2.07. The molecule has 0 unspecified atom stereocenters. The van der Waals surface area contributed by atoms with E-state index in [2.05, 4.69) is 55.9 Å². The molecule has 0 spiro atoms. The Balaban J connectivity index is 2.32. The first-order valence-electron chi connectivity index (χ1n) is 4.73. The summed E-state index contributed by atoms with van der Waals surface area (Å²) < 4.78 is 9.86. The Morgan fingerprint density at radius 1 is 1.06 bits per heavy atom. The molecule has 3 rings (SSSR count). The van der Waals surface area contributed by atoms with E-state index in [1.807, 2.05) is 0 Å². The molecule has 3 aromatic rings. The second-order valence-corrected chi connectivity index (χ2v) is 6.49. The van der Waals surface area contributed by atoms with Gasteiger partial charge < -0.3 is 0 Å². The maximum absolute atomic E-state index is 4.39. The minimum Gasteiger partial charge on any atom is -0.173 e. The summed E-state index contributed by atoms with van der Waals surface area (Å²) in [4.78, 5) is 1.23. The second kappa shape index (κ2) is 3.91. The monoisotopic (exact) mass is 310 g/mol. The predicted molar refractivity (Wildman–Crippen MR) is 73.2 cm³/mol. The average Bonchev–Trinajstić information content (AvgIpc) is 2.87. The fourth-order valence-electron chi connectivity index (χ4n) is 1.65. The molecule has 0 radical (unpaired) electrons. The van der Waals surface area contributed by atoms with Gasteiger partial charge in [0.1, 0.15) is 11.0 Å². The van der Waals surface area contributed by atoms with Crippen molar-refractivity contribution >= 4 is 50.0 Å². The first-order chi connectivity index (χ1) is 7.75. The number of thiophene rings is 1. The number of aromatic nitrogens is 2. The highest BCUT2D eigenvalue weighted by atomic mass is 79.9. The van der Waals surface area contributed by atoms with E-state index in [0.29, 0.717) is 0 Å². The maximum Gasteiger partial charge on any atom is 0.113 e. The van der Waals surface area contributed by atoms with Crippen LogP contribution in [0.15, 0.2) is 28.1 Å². The highest BCUT2D eigenvalue weighted by Gasteiger charge is 2.10. The summed E-state index contributed by atoms with van der Waals surface area (Å²) in [5.74, 6) is 0. The van der Waals surface area contributed by atoms with Crippen LogP contribution in [0.25, 0.3) is 21.5 Å². The number of hydrogen-bond donors (Lipinski definition) is 0. The molecular formula is C11H7BrN2S2. The lowest BCUT2D eigenvalue weighted by atomic mass is 10.1. The van der Waals surface area contributed by atoms with E-state index in [4.69, 9.17) is 0 Å². The van der Waals surface area contributed by atoms with Gasteiger partial charge in [0.05, 0.1) is 15.5 Å². The van der Waals surface area contributed by atoms with E-state index in [1.165, 1.54) is 27.7 Å². The van der Waals surface area contributed by atoms with E-state index >= 15 is 0 Å². The van der Waals surface area contributed by atoms with Crippen LogP contribution in [0.3, 0.4) is 0 Å². The molecule has 0 N–H and O–H groups in total. The molecule has 0 aliphatic carbocycles. The number of rotatable bonds is 1. The third-order valence-electron chi connectivity index (χ3n) is 2.46. The lowest BCUT2D eigenvalue weighted by molar-refractivity contribution is 1.48. The zero-order valence-corrected chi connectivity index (χ0v) is 11.6. The number of nitrogens with zero attached hydrogens (tertiary/aromatic N) is 2. The van der Waals surface area contributed by atoms with Gasteiger partial charge in [0.25, 0.3) is 0 Å². The van der Waals surface area contributed by atoms with E-state index < -0.39 is 0 Å². The fourth-order valence-corrected chi connectivity index (χ4v) is 3.68. The van der Waals surface area contributed by atoms with Crippen molar-refractivity contribution in [2.75, 3.05) is 0 Å². The summed E-state index contributed by atoms with van der Waals surface area (Å²) in [5, 5.41) is 0. The van der Waals surface area contributed by atoms with Gasteiger partial charge in [0.2, 0.25) is 0 Å². The van der Waals surface area contributed by atoms with Gasteiger partial charge in [-0.05, 0) is 40.5 Å². The maximum atomic E-state index is 4.39. The molecule has 0 saturated carbocycles. The van der Waals surface area contributed by atoms with Crippen LogP contribution in [0.4, 0.5) is 0 Å². The summed E-state index contributed by atoms with van der Waals surface area (Å²) >= 11 is 6.48. The van der Waals surface area contributed by atoms with Gasteiger partial charge in [-0.1, -0.05) is 12.1 Å². The van der Waals surface area contributed by atoms with Gasteiger partial charge in [0, 0.05) is 10.4 Å². The summed E-state index contributed by atoms with van der Waals surface area (Å²) in [6.07, 6.45) is 0. The average molecular weight is 311 g/mol. The molecule has 0 amide bonds. The Bertz CT molecular complexity index is 657. The van der Waals surface area contributed by atoms with Crippen molar-refractivity contribution in [3.05, 3.63) is 33.6 Å². The molecule has 2 aromatic heterocycles. The van der Waals surface area contributed by atoms with Crippen molar-refractivity contribution < 1.29 is 0 Å². The number of aryl methyl sites for hydroxylation is 1. The predicted octanol–water partition coefficient (Wildman–Crippen LogP) is 4.49. The van der Waals surface area contributed by atoms with Crippen LogP contribution in [0.5, 0.6) is 0 Å². The second-order valence-electron chi connectivity index (χ2n) is 3.50. The van der Waals surface area contributed by atoms with Gasteiger partial charge in [-0.2, -0.15) is 8.75 Å². The first-order valence-corrected chi connectivity index (χ1v) is 7.07. The Hall–Kier alpha value is -0.780. The van der Waals surface area contributed by atoms with Crippen molar-refractivity contribution in [2.24, 2.45) is 0 Å². The van der Waals surface area contributed by atoms with Gasteiger partial charge in [-0.25, -0.2) is 0 Å². The fraction of sp³-hybridized carbons (Fsp3) is 0.0909. The van der Waals surface area contributed by atoms with E-state index in [1.54, 1.807) is 11.3 Å². The third kappa shape index (κ3) is 1.59. The van der Waals surface area contributed by atoms with Gasteiger partial charge >= 0.3 is 0 Å². The standard InChI is InChI=1S/C11H7BrN2S2/c1-6-2-3-7(8-4-5-9(12)15-8)11-10(6)13-16-14-11/h2-5H,1H3. The molecule has 0 bridgehead atoms. The van der Waals surface area contributed by atoms with Crippen LogP contribution in [-0.2, 0) is 0 Å².